The Kier molecular flexibility index (Phi) is 7.48. The summed E-state index contributed by atoms with van der Waals surface area (Å²) >= 11 is 0. The van der Waals surface area contributed by atoms with Crippen molar-refractivity contribution >= 4 is 22.3 Å². The first-order valence-electron chi connectivity index (χ1n) is 12.4. The largest absolute Gasteiger partial charge is 0.494 e. The van der Waals surface area contributed by atoms with Gasteiger partial charge in [0.25, 0.3) is 5.91 Å². The maximum absolute atomic E-state index is 14.9. The fraction of sp³-hybridized carbons (Fsp3) is 0.296. The normalized spacial score (nSPS) is 20.7. The van der Waals surface area contributed by atoms with E-state index in [1.54, 1.807) is 18.2 Å². The molecule has 0 saturated carbocycles. The molecule has 2 heterocycles. The molecule has 5 N–H and O–H groups in total. The molecule has 0 radical (unpaired) electrons. The van der Waals surface area contributed by atoms with Crippen molar-refractivity contribution < 1.29 is 35.9 Å². The number of ether oxygens (including phenoxy) is 1. The third-order valence-corrected chi connectivity index (χ3v) is 6.93. The van der Waals surface area contributed by atoms with Crippen LogP contribution >= 0.6 is 0 Å². The van der Waals surface area contributed by atoms with Crippen LogP contribution in [0.3, 0.4) is 0 Å². The molecule has 7 nitrogen and oxygen atoms in total. The Balaban J connectivity index is 1.52. The number of nitrogens with one attached hydrogen (secondary N) is 5. The first-order valence-corrected chi connectivity index (χ1v) is 12.4. The number of rotatable bonds is 7. The summed E-state index contributed by atoms with van der Waals surface area (Å²) in [6.45, 7) is -0.248. The van der Waals surface area contributed by atoms with E-state index in [0.29, 0.717) is 5.56 Å². The van der Waals surface area contributed by atoms with Crippen LogP contribution in [0.15, 0.2) is 72.3 Å². The van der Waals surface area contributed by atoms with Gasteiger partial charge in [-0.2, -0.15) is 37.4 Å². The van der Waals surface area contributed by atoms with Crippen LogP contribution in [0.5, 0.6) is 5.75 Å². The SMILES string of the molecule is O=C1NC(c2ccc(OCCCC(F)(F)F)cc2)(C(F)(F)F)CC(c2ccc3ccccc3c2)=C1C1NNNN1. The van der Waals surface area contributed by atoms with Gasteiger partial charge in [0.15, 0.2) is 5.54 Å². The minimum Gasteiger partial charge on any atom is -0.494 e. The van der Waals surface area contributed by atoms with Crippen LogP contribution < -0.4 is 32.0 Å². The van der Waals surface area contributed by atoms with Crippen molar-refractivity contribution in [2.24, 2.45) is 0 Å². The van der Waals surface area contributed by atoms with Crippen molar-refractivity contribution in [3.8, 4) is 5.75 Å². The predicted octanol–water partition coefficient (Wildman–Crippen LogP) is 4.74. The van der Waals surface area contributed by atoms with E-state index in [9.17, 15) is 31.1 Å². The second-order valence-corrected chi connectivity index (χ2v) is 9.55. The fourth-order valence-electron chi connectivity index (χ4n) is 4.95. The maximum Gasteiger partial charge on any atom is 0.416 e. The van der Waals surface area contributed by atoms with Crippen molar-refractivity contribution in [1.82, 2.24) is 27.2 Å². The van der Waals surface area contributed by atoms with Gasteiger partial charge >= 0.3 is 12.4 Å². The van der Waals surface area contributed by atoms with Gasteiger partial charge in [0.2, 0.25) is 0 Å². The lowest BCUT2D eigenvalue weighted by molar-refractivity contribution is -0.202. The van der Waals surface area contributed by atoms with Crippen molar-refractivity contribution in [3.05, 3.63) is 83.4 Å². The summed E-state index contributed by atoms with van der Waals surface area (Å²) < 4.78 is 87.2. The molecule has 1 amide bonds. The molecule has 3 aromatic rings. The molecule has 1 unspecified atom stereocenters. The number of halogens is 6. The van der Waals surface area contributed by atoms with E-state index in [4.69, 9.17) is 4.74 Å². The molecule has 0 aliphatic carbocycles. The minimum atomic E-state index is -4.90. The first kappa shape index (κ1) is 27.9. The van der Waals surface area contributed by atoms with Crippen LogP contribution in [0.25, 0.3) is 16.3 Å². The highest BCUT2D eigenvalue weighted by Crippen LogP contribution is 2.49. The third-order valence-electron chi connectivity index (χ3n) is 6.93. The number of fused-ring (bicyclic) bond motifs is 1. The molecule has 40 heavy (non-hydrogen) atoms. The number of hydrogen-bond acceptors (Lipinski definition) is 6. The van der Waals surface area contributed by atoms with E-state index in [2.05, 4.69) is 27.2 Å². The monoisotopic (exact) mass is 565 g/mol. The molecule has 1 fully saturated rings. The molecule has 0 aromatic heterocycles. The zero-order valence-corrected chi connectivity index (χ0v) is 20.8. The molecule has 2 aliphatic heterocycles. The van der Waals surface area contributed by atoms with Gasteiger partial charge in [-0.3, -0.25) is 4.79 Å². The Morgan fingerprint density at radius 2 is 1.55 bits per heavy atom. The standard InChI is InChI=1S/C27H25F6N5O2/c28-26(29,30)12-3-13-40-20-10-8-19(9-11-20)25(27(31,32)33)15-21(22(24(39)34-25)23-35-37-38-36-23)18-7-6-16-4-1-2-5-17(16)14-18/h1-2,4-11,14,23,35-38H,3,12-13,15H2,(H,34,39). The van der Waals surface area contributed by atoms with Gasteiger partial charge in [0, 0.05) is 12.8 Å². The Morgan fingerprint density at radius 3 is 2.20 bits per heavy atom. The Morgan fingerprint density at radius 1 is 0.875 bits per heavy atom. The van der Waals surface area contributed by atoms with Gasteiger partial charge in [-0.05, 0) is 52.1 Å². The molecule has 3 aromatic carbocycles. The van der Waals surface area contributed by atoms with Crippen LogP contribution in [0.2, 0.25) is 0 Å². The summed E-state index contributed by atoms with van der Waals surface area (Å²) in [4.78, 5) is 13.5. The van der Waals surface area contributed by atoms with E-state index in [-0.39, 0.29) is 35.5 Å². The summed E-state index contributed by atoms with van der Waals surface area (Å²) in [5.74, 6) is -0.803. The molecule has 2 aliphatic rings. The number of hydrazine groups is 3. The highest BCUT2D eigenvalue weighted by Gasteiger charge is 2.60. The molecule has 0 bridgehead atoms. The van der Waals surface area contributed by atoms with Crippen LogP contribution in [0.4, 0.5) is 26.3 Å². The Labute approximate surface area is 224 Å². The zero-order chi connectivity index (χ0) is 28.5. The van der Waals surface area contributed by atoms with E-state index in [0.717, 1.165) is 10.8 Å². The number of amides is 1. The van der Waals surface area contributed by atoms with Crippen molar-refractivity contribution in [2.75, 3.05) is 6.61 Å². The van der Waals surface area contributed by atoms with Crippen LogP contribution in [-0.4, -0.2) is 31.0 Å². The molecule has 5 rings (SSSR count). The second kappa shape index (κ2) is 10.7. The van der Waals surface area contributed by atoms with Crippen LogP contribution in [-0.2, 0) is 10.3 Å². The number of hydrogen-bond donors (Lipinski definition) is 5. The smallest absolute Gasteiger partial charge is 0.416 e. The number of carbonyl (C=O) groups is 1. The topological polar surface area (TPSA) is 86.5 Å². The molecule has 212 valence electrons. The number of carbonyl (C=O) groups excluding carboxylic acids is 1. The Bertz CT molecular complexity index is 1420. The fourth-order valence-corrected chi connectivity index (χ4v) is 4.95. The second-order valence-electron chi connectivity index (χ2n) is 9.55. The lowest BCUT2D eigenvalue weighted by Crippen LogP contribution is -2.60. The van der Waals surface area contributed by atoms with E-state index < -0.39 is 42.8 Å². The van der Waals surface area contributed by atoms with Crippen LogP contribution in [0, 0.1) is 0 Å². The molecule has 1 atom stereocenters. The number of alkyl halides is 6. The third kappa shape index (κ3) is 5.63. The quantitative estimate of drug-likeness (QED) is 0.210. The number of benzene rings is 3. The van der Waals surface area contributed by atoms with Gasteiger partial charge in [-0.1, -0.05) is 48.5 Å². The van der Waals surface area contributed by atoms with Gasteiger partial charge in [-0.25, -0.2) is 10.9 Å². The highest BCUT2D eigenvalue weighted by atomic mass is 19.4. The van der Waals surface area contributed by atoms with Crippen molar-refractivity contribution in [3.63, 3.8) is 0 Å². The summed E-state index contributed by atoms with van der Waals surface area (Å²) in [6.07, 6.45) is -12.0. The summed E-state index contributed by atoms with van der Waals surface area (Å²) in [5, 5.41) is 3.90. The molecule has 1 saturated heterocycles. The highest BCUT2D eigenvalue weighted by molar-refractivity contribution is 6.05. The molecule has 0 spiro atoms. The average Bonchev–Trinajstić information content (AvgIpc) is 3.44. The van der Waals surface area contributed by atoms with Gasteiger partial charge in [0.1, 0.15) is 11.9 Å². The lowest BCUT2D eigenvalue weighted by atomic mass is 9.76. The predicted molar refractivity (Wildman–Crippen MR) is 135 cm³/mol. The summed E-state index contributed by atoms with van der Waals surface area (Å²) in [5.41, 5.74) is 8.45. The van der Waals surface area contributed by atoms with Crippen molar-refractivity contribution in [2.45, 2.75) is 43.3 Å². The average molecular weight is 566 g/mol. The van der Waals surface area contributed by atoms with Gasteiger partial charge in [-0.15, -0.1) is 0 Å². The lowest BCUT2D eigenvalue weighted by Gasteiger charge is -2.42. The summed E-state index contributed by atoms with van der Waals surface area (Å²) in [6, 6.07) is 17.5. The molecular formula is C27H25F6N5O2. The minimum absolute atomic E-state index is 0.0808. The van der Waals surface area contributed by atoms with Crippen LogP contribution in [0.1, 0.15) is 30.4 Å². The molecule has 13 heteroatoms. The summed E-state index contributed by atoms with van der Waals surface area (Å²) in [7, 11) is 0. The van der Waals surface area contributed by atoms with Gasteiger partial charge < -0.3 is 10.1 Å². The van der Waals surface area contributed by atoms with E-state index in [1.165, 1.54) is 24.3 Å². The van der Waals surface area contributed by atoms with Gasteiger partial charge in [0.05, 0.1) is 12.2 Å². The van der Waals surface area contributed by atoms with E-state index >= 15 is 0 Å². The van der Waals surface area contributed by atoms with E-state index in [1.807, 2.05) is 24.3 Å². The maximum atomic E-state index is 14.9. The van der Waals surface area contributed by atoms with Crippen molar-refractivity contribution in [1.29, 1.82) is 0 Å². The molecular weight excluding hydrogens is 540 g/mol. The zero-order valence-electron chi connectivity index (χ0n) is 20.8. The Hall–Kier alpha value is -3.65. The first-order chi connectivity index (χ1) is 19.0.